The third-order valence-electron chi connectivity index (χ3n) is 12.1. The number of para-hydroxylation sites is 1. The van der Waals surface area contributed by atoms with Crippen molar-refractivity contribution in [2.45, 2.75) is 37.4 Å². The van der Waals surface area contributed by atoms with E-state index in [4.69, 9.17) is 20.6 Å². The highest BCUT2D eigenvalue weighted by atomic mass is 16.5. The number of nitrogens with one attached hydrogen (secondary N) is 1. The molecule has 1 aliphatic carbocycles. The molecule has 4 aliphatic heterocycles. The standard InChI is InChI=1S/C40H42N10O3/c41-38-36-37(25-6-12-34(13-7-25)53-33-4-2-1-3-5-33)45-50(39(36)43-24-42-38)30-16-26-18-46(19-27(26)17-30)31-22-48(23-31)32-20-47(21-32)28-8-10-29(11-9-28)49-15-14-35(51)44-40(49)52/h1-13,24,26-27,30-32H,14-23H2,(H2,41,42,43)(H,44,51,52). The van der Waals surface area contributed by atoms with Gasteiger partial charge in [0, 0.05) is 81.3 Å². The lowest BCUT2D eigenvalue weighted by Gasteiger charge is -2.54. The van der Waals surface area contributed by atoms with Gasteiger partial charge in [-0.1, -0.05) is 18.2 Å². The molecule has 10 rings (SSSR count). The number of urea groups is 1. The molecule has 3 aromatic carbocycles. The Bertz CT molecular complexity index is 2150. The maximum atomic E-state index is 12.2. The summed E-state index contributed by atoms with van der Waals surface area (Å²) < 4.78 is 8.15. The molecule has 270 valence electrons. The first-order chi connectivity index (χ1) is 25.9. The molecule has 0 radical (unpaired) electrons. The van der Waals surface area contributed by atoms with E-state index >= 15 is 0 Å². The maximum Gasteiger partial charge on any atom is 0.328 e. The van der Waals surface area contributed by atoms with E-state index < -0.39 is 0 Å². The Balaban J connectivity index is 0.736. The largest absolute Gasteiger partial charge is 0.457 e. The molecule has 6 heterocycles. The molecule has 13 heteroatoms. The third-order valence-corrected chi connectivity index (χ3v) is 12.1. The van der Waals surface area contributed by atoms with Gasteiger partial charge in [-0.2, -0.15) is 5.10 Å². The summed E-state index contributed by atoms with van der Waals surface area (Å²) >= 11 is 0. The van der Waals surface area contributed by atoms with Crippen molar-refractivity contribution in [3.8, 4) is 22.8 Å². The SMILES string of the molecule is Nc1ncnc2c1c(-c1ccc(Oc3ccccc3)cc1)nn2C1CC2CN(C3CN(C4CN(c5ccc(N6CCC(=O)NC6=O)cc5)C4)C3)CC2C1. The highest BCUT2D eigenvalue weighted by Crippen LogP contribution is 2.47. The number of benzene rings is 3. The van der Waals surface area contributed by atoms with Crippen molar-refractivity contribution in [1.29, 1.82) is 0 Å². The molecule has 0 spiro atoms. The maximum absolute atomic E-state index is 12.2. The van der Waals surface area contributed by atoms with Crippen LogP contribution in [-0.4, -0.2) is 99.4 Å². The molecule has 1 saturated carbocycles. The predicted molar refractivity (Wildman–Crippen MR) is 202 cm³/mol. The van der Waals surface area contributed by atoms with Crippen LogP contribution >= 0.6 is 0 Å². The van der Waals surface area contributed by atoms with Crippen molar-refractivity contribution in [2.24, 2.45) is 11.8 Å². The van der Waals surface area contributed by atoms with Crippen molar-refractivity contribution in [1.82, 2.24) is 34.9 Å². The molecule has 5 aromatic rings. The van der Waals surface area contributed by atoms with Gasteiger partial charge in [0.2, 0.25) is 5.91 Å². The number of carbonyl (C=O) groups is 2. The molecule has 13 nitrogen and oxygen atoms in total. The van der Waals surface area contributed by atoms with Gasteiger partial charge in [0.15, 0.2) is 5.65 Å². The zero-order chi connectivity index (χ0) is 35.6. The summed E-state index contributed by atoms with van der Waals surface area (Å²) in [6.07, 6.45) is 4.07. The van der Waals surface area contributed by atoms with E-state index in [0.29, 0.717) is 42.7 Å². The summed E-state index contributed by atoms with van der Waals surface area (Å²) in [6, 6.07) is 27.0. The molecule has 2 aromatic heterocycles. The number of nitrogen functional groups attached to an aromatic ring is 1. The lowest BCUT2D eigenvalue weighted by Crippen LogP contribution is -2.69. The normalized spacial score (nSPS) is 24.0. The molecular formula is C40H42N10O3. The number of amides is 3. The highest BCUT2D eigenvalue weighted by Gasteiger charge is 2.48. The van der Waals surface area contributed by atoms with Gasteiger partial charge in [0.25, 0.3) is 0 Å². The number of hydrogen-bond acceptors (Lipinski definition) is 10. The summed E-state index contributed by atoms with van der Waals surface area (Å²) in [7, 11) is 0. The summed E-state index contributed by atoms with van der Waals surface area (Å²) in [6.45, 7) is 7.05. The van der Waals surface area contributed by atoms with E-state index in [1.807, 2.05) is 66.7 Å². The monoisotopic (exact) mass is 710 g/mol. The van der Waals surface area contributed by atoms with Crippen molar-refractivity contribution in [3.63, 3.8) is 0 Å². The Labute approximate surface area is 307 Å². The van der Waals surface area contributed by atoms with Crippen LogP contribution in [0.5, 0.6) is 11.5 Å². The van der Waals surface area contributed by atoms with Crippen LogP contribution in [0.25, 0.3) is 22.3 Å². The van der Waals surface area contributed by atoms with Crippen LogP contribution in [0.15, 0.2) is 85.2 Å². The zero-order valence-electron chi connectivity index (χ0n) is 29.4. The molecule has 5 aliphatic rings. The molecule has 53 heavy (non-hydrogen) atoms. The zero-order valence-corrected chi connectivity index (χ0v) is 29.4. The predicted octanol–water partition coefficient (Wildman–Crippen LogP) is 4.77. The van der Waals surface area contributed by atoms with Gasteiger partial charge in [-0.05, 0) is 85.3 Å². The van der Waals surface area contributed by atoms with Gasteiger partial charge in [-0.25, -0.2) is 19.4 Å². The second kappa shape index (κ2) is 12.8. The molecule has 0 bridgehead atoms. The van der Waals surface area contributed by atoms with Crippen molar-refractivity contribution >= 4 is 40.2 Å². The van der Waals surface area contributed by atoms with Gasteiger partial charge >= 0.3 is 6.03 Å². The molecule has 3 amide bonds. The molecule has 2 atom stereocenters. The average Bonchev–Trinajstić information content (AvgIpc) is 3.82. The number of aromatic nitrogens is 4. The van der Waals surface area contributed by atoms with E-state index in [1.165, 1.54) is 5.69 Å². The van der Waals surface area contributed by atoms with Crippen LogP contribution in [0, 0.1) is 11.8 Å². The molecule has 2 unspecified atom stereocenters. The van der Waals surface area contributed by atoms with E-state index in [9.17, 15) is 9.59 Å². The Kier molecular flexibility index (Phi) is 7.79. The number of carbonyl (C=O) groups excluding carboxylic acids is 2. The van der Waals surface area contributed by atoms with Crippen molar-refractivity contribution < 1.29 is 14.3 Å². The number of rotatable bonds is 8. The number of anilines is 3. The summed E-state index contributed by atoms with van der Waals surface area (Å²) in [5.41, 5.74) is 11.0. The molecule has 4 saturated heterocycles. The second-order valence-electron chi connectivity index (χ2n) is 15.2. The number of fused-ring (bicyclic) bond motifs is 2. The lowest BCUT2D eigenvalue weighted by atomic mass is 9.98. The van der Waals surface area contributed by atoms with Gasteiger partial charge in [0.1, 0.15) is 29.3 Å². The molecule has 3 N–H and O–H groups in total. The quantitative estimate of drug-likeness (QED) is 0.232. The first-order valence-electron chi connectivity index (χ1n) is 18.7. The number of imide groups is 1. The Morgan fingerprint density at radius 2 is 1.38 bits per heavy atom. The molecule has 5 fully saturated rings. The average molecular weight is 711 g/mol. The van der Waals surface area contributed by atoms with Crippen LogP contribution in [-0.2, 0) is 4.79 Å². The first kappa shape index (κ1) is 32.1. The number of ether oxygens (including phenoxy) is 1. The van der Waals surface area contributed by atoms with Gasteiger partial charge in [0.05, 0.1) is 11.4 Å². The van der Waals surface area contributed by atoms with Crippen LogP contribution in [0.1, 0.15) is 25.3 Å². The Morgan fingerprint density at radius 1 is 0.717 bits per heavy atom. The number of likely N-dealkylation sites (tertiary alicyclic amines) is 2. The molecular weight excluding hydrogens is 669 g/mol. The smallest absolute Gasteiger partial charge is 0.328 e. The van der Waals surface area contributed by atoms with E-state index in [-0.39, 0.29) is 18.0 Å². The fraction of sp³-hybridized carbons (Fsp3) is 0.375. The summed E-state index contributed by atoms with van der Waals surface area (Å²) in [4.78, 5) is 42.1. The summed E-state index contributed by atoms with van der Waals surface area (Å²) in [5.74, 6) is 3.11. The van der Waals surface area contributed by atoms with Crippen LogP contribution in [0.2, 0.25) is 0 Å². The lowest BCUT2D eigenvalue weighted by molar-refractivity contribution is -0.120. The van der Waals surface area contributed by atoms with Crippen molar-refractivity contribution in [3.05, 3.63) is 85.2 Å². The highest BCUT2D eigenvalue weighted by molar-refractivity contribution is 6.05. The van der Waals surface area contributed by atoms with Crippen molar-refractivity contribution in [2.75, 3.05) is 61.3 Å². The third kappa shape index (κ3) is 5.84. The van der Waals surface area contributed by atoms with Crippen LogP contribution < -0.4 is 25.6 Å². The van der Waals surface area contributed by atoms with E-state index in [2.05, 4.69) is 41.8 Å². The number of hydrogen-bond donors (Lipinski definition) is 2. The topological polar surface area (TPSA) is 138 Å². The number of nitrogens with two attached hydrogens (primary N) is 1. The fourth-order valence-corrected chi connectivity index (χ4v) is 9.13. The van der Waals surface area contributed by atoms with Gasteiger partial charge in [-0.15, -0.1) is 0 Å². The number of nitrogens with zero attached hydrogens (tertiary/aromatic N) is 8. The van der Waals surface area contributed by atoms with Crippen LogP contribution in [0.4, 0.5) is 22.0 Å². The minimum Gasteiger partial charge on any atom is -0.457 e. The Hall–Kier alpha value is -5.53. The van der Waals surface area contributed by atoms with Crippen LogP contribution in [0.3, 0.4) is 0 Å². The fourth-order valence-electron chi connectivity index (χ4n) is 9.13. The van der Waals surface area contributed by atoms with Gasteiger partial charge in [-0.3, -0.25) is 24.8 Å². The van der Waals surface area contributed by atoms with E-state index in [0.717, 1.165) is 91.6 Å². The van der Waals surface area contributed by atoms with Gasteiger partial charge < -0.3 is 15.4 Å². The second-order valence-corrected chi connectivity index (χ2v) is 15.2. The minimum atomic E-state index is -0.346. The van der Waals surface area contributed by atoms with E-state index in [1.54, 1.807) is 11.2 Å². The first-order valence-corrected chi connectivity index (χ1v) is 18.7. The summed E-state index contributed by atoms with van der Waals surface area (Å²) in [5, 5.41) is 8.38. The Morgan fingerprint density at radius 3 is 2.09 bits per heavy atom. The minimum absolute atomic E-state index is 0.214.